The highest BCUT2D eigenvalue weighted by Gasteiger charge is 2.11. The predicted octanol–water partition coefficient (Wildman–Crippen LogP) is 0.623. The van der Waals surface area contributed by atoms with Crippen molar-refractivity contribution in [3.8, 4) is 0 Å². The van der Waals surface area contributed by atoms with E-state index in [9.17, 15) is 0 Å². The Morgan fingerprint density at radius 2 is 1.78 bits per heavy atom. The summed E-state index contributed by atoms with van der Waals surface area (Å²) in [7, 11) is 0. The van der Waals surface area contributed by atoms with Crippen molar-refractivity contribution in [1.29, 1.82) is 0 Å². The summed E-state index contributed by atoms with van der Waals surface area (Å²) in [6, 6.07) is 0.218. The van der Waals surface area contributed by atoms with Crippen molar-refractivity contribution in [1.82, 2.24) is 6.15 Å². The molecule has 7 N–H and O–H groups in total. The van der Waals surface area contributed by atoms with Crippen molar-refractivity contribution in [3.05, 3.63) is 0 Å². The first-order valence-electron chi connectivity index (χ1n) is 2.96. The van der Waals surface area contributed by atoms with Crippen molar-refractivity contribution in [2.45, 2.75) is 38.8 Å². The second-order valence-corrected chi connectivity index (χ2v) is 3.17. The second-order valence-electron chi connectivity index (χ2n) is 3.17. The van der Waals surface area contributed by atoms with E-state index in [0.29, 0.717) is 0 Å². The highest BCUT2D eigenvalue weighted by atomic mass is 14.7. The van der Waals surface area contributed by atoms with Crippen molar-refractivity contribution in [2.24, 2.45) is 11.5 Å². The maximum atomic E-state index is 5.66. The Labute approximate surface area is 57.4 Å². The van der Waals surface area contributed by atoms with Gasteiger partial charge in [-0.25, -0.2) is 0 Å². The van der Waals surface area contributed by atoms with Crippen LogP contribution < -0.4 is 17.6 Å². The van der Waals surface area contributed by atoms with Gasteiger partial charge >= 0.3 is 0 Å². The van der Waals surface area contributed by atoms with E-state index in [4.69, 9.17) is 11.5 Å². The molecule has 1 atom stereocenters. The monoisotopic (exact) mass is 133 g/mol. The lowest BCUT2D eigenvalue weighted by Gasteiger charge is -2.20. The van der Waals surface area contributed by atoms with E-state index in [-0.39, 0.29) is 17.7 Å². The SMILES string of the molecule is CC(N)CC(C)(C)N.N. The number of hydrogen-bond acceptors (Lipinski definition) is 3. The molecule has 58 valence electrons. The van der Waals surface area contributed by atoms with Gasteiger partial charge in [0.2, 0.25) is 0 Å². The van der Waals surface area contributed by atoms with Crippen molar-refractivity contribution < 1.29 is 0 Å². The first-order chi connectivity index (χ1) is 3.42. The molecule has 1 unspecified atom stereocenters. The van der Waals surface area contributed by atoms with Crippen molar-refractivity contribution in [3.63, 3.8) is 0 Å². The van der Waals surface area contributed by atoms with Gasteiger partial charge in [0, 0.05) is 11.6 Å². The van der Waals surface area contributed by atoms with Gasteiger partial charge in [0.1, 0.15) is 0 Å². The van der Waals surface area contributed by atoms with Crippen LogP contribution in [0, 0.1) is 0 Å². The molecule has 0 bridgehead atoms. The Kier molecular flexibility index (Phi) is 4.95. The van der Waals surface area contributed by atoms with Crippen LogP contribution >= 0.6 is 0 Å². The molecule has 0 fully saturated rings. The quantitative estimate of drug-likeness (QED) is 0.516. The average Bonchev–Trinajstić information content (AvgIpc) is 1.21. The minimum Gasteiger partial charge on any atom is -0.344 e. The zero-order chi connectivity index (χ0) is 6.78. The molecule has 0 aromatic heterocycles. The fourth-order valence-corrected chi connectivity index (χ4v) is 0.830. The van der Waals surface area contributed by atoms with Crippen LogP contribution in [-0.4, -0.2) is 11.6 Å². The third kappa shape index (κ3) is 11.4. The molecule has 0 aromatic rings. The van der Waals surface area contributed by atoms with Crippen LogP contribution in [0.1, 0.15) is 27.2 Å². The minimum atomic E-state index is -0.103. The molecule has 9 heavy (non-hydrogen) atoms. The van der Waals surface area contributed by atoms with E-state index in [2.05, 4.69) is 0 Å². The number of hydrogen-bond donors (Lipinski definition) is 3. The molecule has 0 rings (SSSR count). The zero-order valence-electron chi connectivity index (χ0n) is 6.65. The highest BCUT2D eigenvalue weighted by molar-refractivity contribution is 4.75. The molecule has 0 spiro atoms. The number of nitrogens with two attached hydrogens (primary N) is 2. The summed E-state index contributed by atoms with van der Waals surface area (Å²) in [5.74, 6) is 0. The molecule has 0 heterocycles. The Hall–Kier alpha value is -0.120. The average molecular weight is 133 g/mol. The summed E-state index contributed by atoms with van der Waals surface area (Å²) >= 11 is 0. The van der Waals surface area contributed by atoms with Gasteiger partial charge in [-0.2, -0.15) is 0 Å². The zero-order valence-corrected chi connectivity index (χ0v) is 6.65. The van der Waals surface area contributed by atoms with Crippen LogP contribution in [0.5, 0.6) is 0 Å². The van der Waals surface area contributed by atoms with Crippen LogP contribution in [-0.2, 0) is 0 Å². The maximum absolute atomic E-state index is 5.66. The van der Waals surface area contributed by atoms with Crippen molar-refractivity contribution in [2.75, 3.05) is 0 Å². The lowest BCUT2D eigenvalue weighted by molar-refractivity contribution is 0.436. The number of rotatable bonds is 2. The Balaban J connectivity index is 0. The summed E-state index contributed by atoms with van der Waals surface area (Å²) in [6.07, 6.45) is 0.882. The second kappa shape index (κ2) is 3.82. The van der Waals surface area contributed by atoms with E-state index < -0.39 is 0 Å². The summed E-state index contributed by atoms with van der Waals surface area (Å²) in [5, 5.41) is 0. The fourth-order valence-electron chi connectivity index (χ4n) is 0.830. The summed E-state index contributed by atoms with van der Waals surface area (Å²) in [6.45, 7) is 5.93. The van der Waals surface area contributed by atoms with E-state index in [1.807, 2.05) is 20.8 Å². The van der Waals surface area contributed by atoms with Crippen LogP contribution in [0.3, 0.4) is 0 Å². The molecule has 0 amide bonds. The topological polar surface area (TPSA) is 87.0 Å². The first kappa shape index (κ1) is 11.6. The molecular weight excluding hydrogens is 114 g/mol. The van der Waals surface area contributed by atoms with Crippen molar-refractivity contribution >= 4 is 0 Å². The van der Waals surface area contributed by atoms with Crippen LogP contribution in [0.2, 0.25) is 0 Å². The van der Waals surface area contributed by atoms with Gasteiger partial charge in [0.15, 0.2) is 0 Å². The third-order valence-electron chi connectivity index (χ3n) is 0.848. The van der Waals surface area contributed by atoms with Crippen LogP contribution in [0.15, 0.2) is 0 Å². The van der Waals surface area contributed by atoms with Gasteiger partial charge in [-0.15, -0.1) is 0 Å². The molecule has 0 saturated carbocycles. The van der Waals surface area contributed by atoms with Gasteiger partial charge in [-0.1, -0.05) is 0 Å². The standard InChI is InChI=1S/C6H16N2.H3N/c1-5(7)4-6(2,3)8;/h5H,4,7-8H2,1-3H3;1H3. The van der Waals surface area contributed by atoms with Gasteiger partial charge in [-0.3, -0.25) is 0 Å². The molecule has 0 saturated heterocycles. The molecular formula is C6H19N3. The Bertz CT molecular complexity index is 63.2. The fraction of sp³-hybridized carbons (Fsp3) is 1.00. The highest BCUT2D eigenvalue weighted by Crippen LogP contribution is 2.04. The molecule has 0 aliphatic rings. The smallest absolute Gasteiger partial charge is 0.0112 e. The summed E-state index contributed by atoms with van der Waals surface area (Å²) in [4.78, 5) is 0. The molecule has 0 radical (unpaired) electrons. The van der Waals surface area contributed by atoms with Crippen LogP contribution in [0.4, 0.5) is 0 Å². The predicted molar refractivity (Wildman–Crippen MR) is 41.6 cm³/mol. The maximum Gasteiger partial charge on any atom is 0.0112 e. The van der Waals surface area contributed by atoms with E-state index in [1.54, 1.807) is 0 Å². The van der Waals surface area contributed by atoms with E-state index >= 15 is 0 Å². The third-order valence-corrected chi connectivity index (χ3v) is 0.848. The molecule has 3 heteroatoms. The normalized spacial score (nSPS) is 14.3. The van der Waals surface area contributed by atoms with Gasteiger partial charge in [0.25, 0.3) is 0 Å². The van der Waals surface area contributed by atoms with E-state index in [1.165, 1.54) is 0 Å². The Morgan fingerprint density at radius 3 is 1.78 bits per heavy atom. The van der Waals surface area contributed by atoms with Gasteiger partial charge in [-0.05, 0) is 27.2 Å². The molecule has 3 nitrogen and oxygen atoms in total. The van der Waals surface area contributed by atoms with Gasteiger partial charge < -0.3 is 17.6 Å². The lowest BCUT2D eigenvalue weighted by Crippen LogP contribution is -2.38. The molecule has 0 aliphatic heterocycles. The van der Waals surface area contributed by atoms with E-state index in [0.717, 1.165) is 6.42 Å². The largest absolute Gasteiger partial charge is 0.344 e. The Morgan fingerprint density at radius 1 is 1.44 bits per heavy atom. The first-order valence-corrected chi connectivity index (χ1v) is 2.96. The van der Waals surface area contributed by atoms with Gasteiger partial charge in [0.05, 0.1) is 0 Å². The lowest BCUT2D eigenvalue weighted by atomic mass is 9.98. The summed E-state index contributed by atoms with van der Waals surface area (Å²) < 4.78 is 0. The summed E-state index contributed by atoms with van der Waals surface area (Å²) in [5.41, 5.74) is 11.1. The molecule has 0 aromatic carbocycles. The van der Waals surface area contributed by atoms with Crippen LogP contribution in [0.25, 0.3) is 0 Å². The molecule has 0 aliphatic carbocycles. The minimum absolute atomic E-state index is 0.